The third-order valence-electron chi connectivity index (χ3n) is 6.12. The molecule has 0 saturated heterocycles. The number of carbonyl (C=O) groups is 2. The van der Waals surface area contributed by atoms with Gasteiger partial charge in [0.05, 0.1) is 10.9 Å². The van der Waals surface area contributed by atoms with Crippen LogP contribution in [0.1, 0.15) is 26.4 Å². The number of nitrogens with one attached hydrogen (secondary N) is 2. The van der Waals surface area contributed by atoms with Crippen LogP contribution in [0.15, 0.2) is 63.5 Å². The first kappa shape index (κ1) is 21.8. The van der Waals surface area contributed by atoms with E-state index in [2.05, 4.69) is 16.4 Å². The molecule has 0 radical (unpaired) electrons. The summed E-state index contributed by atoms with van der Waals surface area (Å²) in [7, 11) is 0. The summed E-state index contributed by atoms with van der Waals surface area (Å²) in [5.41, 5.74) is 2.02. The van der Waals surface area contributed by atoms with Gasteiger partial charge in [-0.25, -0.2) is 4.79 Å². The predicted octanol–water partition coefficient (Wildman–Crippen LogP) is 2.90. The van der Waals surface area contributed by atoms with Crippen LogP contribution in [-0.2, 0) is 24.3 Å². The van der Waals surface area contributed by atoms with Gasteiger partial charge in [0.2, 0.25) is 5.91 Å². The van der Waals surface area contributed by atoms with Crippen molar-refractivity contribution in [3.05, 3.63) is 96.3 Å². The van der Waals surface area contributed by atoms with Crippen LogP contribution in [0.5, 0.6) is 0 Å². The topological polar surface area (TPSA) is 104 Å². The molecule has 2 amide bonds. The molecule has 34 heavy (non-hydrogen) atoms. The second-order valence-electron chi connectivity index (χ2n) is 8.24. The van der Waals surface area contributed by atoms with Crippen molar-refractivity contribution in [3.63, 3.8) is 0 Å². The van der Waals surface area contributed by atoms with Gasteiger partial charge in [-0.2, -0.15) is 0 Å². The molecule has 1 aliphatic rings. The van der Waals surface area contributed by atoms with Crippen molar-refractivity contribution < 1.29 is 9.59 Å². The van der Waals surface area contributed by atoms with Crippen molar-refractivity contribution in [1.29, 1.82) is 0 Å². The van der Waals surface area contributed by atoms with Crippen LogP contribution in [0.2, 0.25) is 0 Å². The van der Waals surface area contributed by atoms with Crippen molar-refractivity contribution >= 4 is 39.7 Å². The highest BCUT2D eigenvalue weighted by Crippen LogP contribution is 2.27. The van der Waals surface area contributed by atoms with Crippen LogP contribution in [-0.4, -0.2) is 32.8 Å². The van der Waals surface area contributed by atoms with Crippen molar-refractivity contribution in [1.82, 2.24) is 14.5 Å². The van der Waals surface area contributed by atoms with Crippen LogP contribution in [0.4, 0.5) is 5.69 Å². The minimum atomic E-state index is -0.655. The number of hydrogen-bond donors (Lipinski definition) is 2. The summed E-state index contributed by atoms with van der Waals surface area (Å²) in [6, 6.07) is 13.9. The number of H-pyrrole nitrogens is 1. The maximum Gasteiger partial charge on any atom is 0.329 e. The van der Waals surface area contributed by atoms with Crippen molar-refractivity contribution in [2.24, 2.45) is 0 Å². The highest BCUT2D eigenvalue weighted by atomic mass is 32.1. The lowest BCUT2D eigenvalue weighted by Crippen LogP contribution is -2.38. The Kier molecular flexibility index (Phi) is 5.62. The fourth-order valence-corrected chi connectivity index (χ4v) is 5.16. The lowest BCUT2D eigenvalue weighted by Gasteiger charge is -2.28. The Labute approximate surface area is 198 Å². The van der Waals surface area contributed by atoms with E-state index in [1.807, 2.05) is 10.3 Å². The van der Waals surface area contributed by atoms with Crippen molar-refractivity contribution in [3.8, 4) is 0 Å². The summed E-state index contributed by atoms with van der Waals surface area (Å²) in [4.78, 5) is 56.8. The Bertz CT molecular complexity index is 1550. The number of benzene rings is 2. The second-order valence-corrected chi connectivity index (χ2v) is 9.24. The van der Waals surface area contributed by atoms with Gasteiger partial charge in [-0.3, -0.25) is 19.0 Å². The van der Waals surface area contributed by atoms with E-state index in [9.17, 15) is 19.2 Å². The summed E-state index contributed by atoms with van der Waals surface area (Å²) in [6.45, 7) is 2.55. The van der Waals surface area contributed by atoms with Gasteiger partial charge in [-0.15, -0.1) is 11.3 Å². The minimum Gasteiger partial charge on any atom is -0.334 e. The third kappa shape index (κ3) is 3.94. The third-order valence-corrected chi connectivity index (χ3v) is 7.15. The SMILES string of the molecule is Cc1c(NC(=O)Cn2c(=O)[nH]c3ccccc3c2=O)cccc1C(=O)N1CCc2sccc2C1. The lowest BCUT2D eigenvalue weighted by molar-refractivity contribution is -0.116. The number of amides is 2. The summed E-state index contributed by atoms with van der Waals surface area (Å²) < 4.78 is 0.869. The quantitative estimate of drug-likeness (QED) is 0.475. The Morgan fingerprint density at radius 3 is 2.76 bits per heavy atom. The molecule has 4 aromatic rings. The van der Waals surface area contributed by atoms with Crippen LogP contribution >= 0.6 is 11.3 Å². The van der Waals surface area contributed by atoms with Crippen molar-refractivity contribution in [2.75, 3.05) is 11.9 Å². The largest absolute Gasteiger partial charge is 0.334 e. The summed E-state index contributed by atoms with van der Waals surface area (Å²) in [6.07, 6.45) is 0.837. The molecular formula is C25H22N4O4S. The predicted molar refractivity (Wildman–Crippen MR) is 131 cm³/mol. The molecule has 5 rings (SSSR count). The average molecular weight is 475 g/mol. The molecule has 2 N–H and O–H groups in total. The van der Waals surface area contributed by atoms with Crippen LogP contribution in [0, 0.1) is 6.92 Å². The molecule has 0 fully saturated rings. The molecule has 3 heterocycles. The molecule has 1 aliphatic heterocycles. The molecule has 9 heteroatoms. The Balaban J connectivity index is 1.36. The molecule has 2 aromatic heterocycles. The van der Waals surface area contributed by atoms with Gasteiger partial charge in [0.25, 0.3) is 11.5 Å². The average Bonchev–Trinajstić information content (AvgIpc) is 3.31. The zero-order valence-corrected chi connectivity index (χ0v) is 19.3. The van der Waals surface area contributed by atoms with Gasteiger partial charge in [0.1, 0.15) is 6.54 Å². The molecule has 8 nitrogen and oxygen atoms in total. The number of fused-ring (bicyclic) bond motifs is 2. The van der Waals surface area contributed by atoms with Crippen LogP contribution in [0.3, 0.4) is 0 Å². The number of rotatable bonds is 4. The fourth-order valence-electron chi connectivity index (χ4n) is 4.27. The van der Waals surface area contributed by atoms with E-state index in [-0.39, 0.29) is 5.91 Å². The molecule has 0 saturated carbocycles. The first-order valence-electron chi connectivity index (χ1n) is 10.9. The normalized spacial score (nSPS) is 13.0. The zero-order valence-electron chi connectivity index (χ0n) is 18.5. The number of nitrogens with zero attached hydrogens (tertiary/aromatic N) is 2. The Hall–Kier alpha value is -3.98. The summed E-state index contributed by atoms with van der Waals surface area (Å²) >= 11 is 1.72. The number of carbonyl (C=O) groups excluding carboxylic acids is 2. The molecular weight excluding hydrogens is 452 g/mol. The molecule has 2 aromatic carbocycles. The highest BCUT2D eigenvalue weighted by Gasteiger charge is 2.24. The van der Waals surface area contributed by atoms with Gasteiger partial charge in [0, 0.05) is 29.2 Å². The number of aromatic nitrogens is 2. The van der Waals surface area contributed by atoms with Gasteiger partial charge >= 0.3 is 5.69 Å². The van der Waals surface area contributed by atoms with E-state index in [0.717, 1.165) is 11.0 Å². The zero-order chi connectivity index (χ0) is 23.8. The molecule has 0 atom stereocenters. The minimum absolute atomic E-state index is 0.0901. The number of thiophene rings is 1. The van der Waals surface area contributed by atoms with Crippen LogP contribution < -0.4 is 16.6 Å². The number of hydrogen-bond acceptors (Lipinski definition) is 5. The number of anilines is 1. The number of para-hydroxylation sites is 1. The number of aromatic amines is 1. The molecule has 0 bridgehead atoms. The first-order valence-corrected chi connectivity index (χ1v) is 11.8. The van der Waals surface area contributed by atoms with E-state index in [1.54, 1.807) is 60.7 Å². The fraction of sp³-hybridized carbons (Fsp3) is 0.200. The van der Waals surface area contributed by atoms with Gasteiger partial charge < -0.3 is 15.2 Å². The smallest absolute Gasteiger partial charge is 0.329 e. The second kappa shape index (κ2) is 8.75. The van der Waals surface area contributed by atoms with Gasteiger partial charge in [-0.05, 0) is 60.2 Å². The van der Waals surface area contributed by atoms with E-state index in [4.69, 9.17) is 0 Å². The first-order chi connectivity index (χ1) is 16.4. The molecule has 0 spiro atoms. The highest BCUT2D eigenvalue weighted by molar-refractivity contribution is 7.10. The Morgan fingerprint density at radius 2 is 1.91 bits per heavy atom. The standard InChI is InChI=1S/C25H22N4O4S/c1-15-17(23(31)28-11-9-21-16(13-28)10-12-34-21)6-4-8-19(15)26-22(30)14-29-24(32)18-5-2-3-7-20(18)27-25(29)33/h2-8,10,12H,9,11,13-14H2,1H3,(H,26,30)(H,27,33). The van der Waals surface area contributed by atoms with Crippen LogP contribution in [0.25, 0.3) is 10.9 Å². The van der Waals surface area contributed by atoms with E-state index >= 15 is 0 Å². The molecule has 172 valence electrons. The van der Waals surface area contributed by atoms with Gasteiger partial charge in [-0.1, -0.05) is 18.2 Å². The summed E-state index contributed by atoms with van der Waals surface area (Å²) in [5, 5.41) is 5.13. The van der Waals surface area contributed by atoms with Gasteiger partial charge in [0.15, 0.2) is 0 Å². The van der Waals surface area contributed by atoms with Crippen molar-refractivity contribution in [2.45, 2.75) is 26.4 Å². The maximum atomic E-state index is 13.2. The van der Waals surface area contributed by atoms with E-state index in [0.29, 0.717) is 40.8 Å². The van der Waals surface area contributed by atoms with E-state index < -0.39 is 23.7 Å². The summed E-state index contributed by atoms with van der Waals surface area (Å²) in [5.74, 6) is -0.621. The molecule has 0 aliphatic carbocycles. The maximum absolute atomic E-state index is 13.2. The monoisotopic (exact) mass is 474 g/mol. The van der Waals surface area contributed by atoms with E-state index in [1.165, 1.54) is 10.4 Å². The lowest BCUT2D eigenvalue weighted by atomic mass is 10.0. The molecule has 0 unspecified atom stereocenters. The Morgan fingerprint density at radius 1 is 1.09 bits per heavy atom.